The third-order valence-electron chi connectivity index (χ3n) is 7.78. The van der Waals surface area contributed by atoms with E-state index in [-0.39, 0.29) is 5.60 Å². The molecule has 7 unspecified atom stereocenters. The van der Waals surface area contributed by atoms with E-state index in [9.17, 15) is 5.11 Å². The fourth-order valence-corrected chi connectivity index (χ4v) is 6.62. The summed E-state index contributed by atoms with van der Waals surface area (Å²) in [7, 11) is 0. The molecule has 1 N–H and O–H groups in total. The lowest BCUT2D eigenvalue weighted by Gasteiger charge is -2.62. The third kappa shape index (κ3) is 1.83. The highest BCUT2D eigenvalue weighted by Gasteiger charge is 2.56. The molecular formula is C18H30O. The van der Waals surface area contributed by atoms with Crippen LogP contribution >= 0.6 is 0 Å². The Kier molecular flexibility index (Phi) is 2.67. The van der Waals surface area contributed by atoms with Gasteiger partial charge in [0.1, 0.15) is 0 Å². The van der Waals surface area contributed by atoms with Crippen LogP contribution in [-0.2, 0) is 0 Å². The van der Waals surface area contributed by atoms with Gasteiger partial charge in [0, 0.05) is 0 Å². The van der Waals surface area contributed by atoms with Gasteiger partial charge in [-0.2, -0.15) is 0 Å². The zero-order chi connectivity index (χ0) is 13.3. The molecule has 1 heteroatoms. The van der Waals surface area contributed by atoms with Gasteiger partial charge in [0.15, 0.2) is 0 Å². The smallest absolute Gasteiger partial charge is 0.0622 e. The summed E-state index contributed by atoms with van der Waals surface area (Å²) < 4.78 is 0. The van der Waals surface area contributed by atoms with Crippen molar-refractivity contribution in [3.05, 3.63) is 0 Å². The third-order valence-corrected chi connectivity index (χ3v) is 7.78. The van der Waals surface area contributed by atoms with Crippen LogP contribution < -0.4 is 0 Å². The number of fused-ring (bicyclic) bond motifs is 5. The van der Waals surface area contributed by atoms with Crippen LogP contribution in [0.25, 0.3) is 0 Å². The molecule has 0 amide bonds. The van der Waals surface area contributed by atoms with Gasteiger partial charge in [0.2, 0.25) is 0 Å². The molecule has 4 aliphatic rings. The Labute approximate surface area is 118 Å². The Morgan fingerprint density at radius 3 is 2.26 bits per heavy atom. The maximum absolute atomic E-state index is 10.4. The molecule has 0 aromatic rings. The van der Waals surface area contributed by atoms with Crippen molar-refractivity contribution in [2.45, 2.75) is 77.2 Å². The van der Waals surface area contributed by atoms with Crippen LogP contribution in [0.5, 0.6) is 0 Å². The Hall–Kier alpha value is -0.0400. The molecule has 0 aromatic carbocycles. The van der Waals surface area contributed by atoms with Crippen molar-refractivity contribution in [2.24, 2.45) is 35.0 Å². The lowest BCUT2D eigenvalue weighted by atomic mass is 9.43. The van der Waals surface area contributed by atoms with Gasteiger partial charge >= 0.3 is 0 Å². The first-order valence-electron chi connectivity index (χ1n) is 8.71. The number of hydrogen-bond acceptors (Lipinski definition) is 1. The highest BCUT2D eigenvalue weighted by molar-refractivity contribution is 5.06. The summed E-state index contributed by atoms with van der Waals surface area (Å²) >= 11 is 0. The molecule has 4 fully saturated rings. The van der Waals surface area contributed by atoms with Gasteiger partial charge in [0.25, 0.3) is 0 Å². The maximum atomic E-state index is 10.4. The summed E-state index contributed by atoms with van der Waals surface area (Å²) in [6.45, 7) is 4.63. The SMILES string of the molecule is CC1(O)CCC2C(CCC3C2CCC2(C)CCC32)C1. The van der Waals surface area contributed by atoms with Crippen molar-refractivity contribution in [3.63, 3.8) is 0 Å². The Morgan fingerprint density at radius 2 is 1.53 bits per heavy atom. The average molecular weight is 262 g/mol. The summed E-state index contributed by atoms with van der Waals surface area (Å²) in [5.41, 5.74) is 0.377. The van der Waals surface area contributed by atoms with Gasteiger partial charge in [0.05, 0.1) is 5.60 Å². The van der Waals surface area contributed by atoms with Crippen LogP contribution in [-0.4, -0.2) is 10.7 Å². The van der Waals surface area contributed by atoms with E-state index in [1.165, 1.54) is 44.9 Å². The van der Waals surface area contributed by atoms with Crippen molar-refractivity contribution >= 4 is 0 Å². The molecular weight excluding hydrogens is 232 g/mol. The van der Waals surface area contributed by atoms with Crippen LogP contribution in [0.3, 0.4) is 0 Å². The van der Waals surface area contributed by atoms with E-state index in [0.29, 0.717) is 0 Å². The summed E-state index contributed by atoms with van der Waals surface area (Å²) in [6, 6.07) is 0. The molecule has 0 saturated heterocycles. The molecule has 0 radical (unpaired) electrons. The van der Waals surface area contributed by atoms with E-state index in [1.807, 2.05) is 0 Å². The monoisotopic (exact) mass is 262 g/mol. The van der Waals surface area contributed by atoms with Gasteiger partial charge in [-0.1, -0.05) is 6.92 Å². The zero-order valence-electron chi connectivity index (χ0n) is 12.7. The van der Waals surface area contributed by atoms with Gasteiger partial charge in [-0.15, -0.1) is 0 Å². The Morgan fingerprint density at radius 1 is 0.789 bits per heavy atom. The van der Waals surface area contributed by atoms with Crippen LogP contribution in [0.1, 0.15) is 71.6 Å². The molecule has 1 nitrogen and oxygen atoms in total. The molecule has 0 heterocycles. The van der Waals surface area contributed by atoms with Gasteiger partial charge in [-0.05, 0) is 99.7 Å². The Bertz CT molecular complexity index is 374. The highest BCUT2D eigenvalue weighted by Crippen LogP contribution is 2.64. The van der Waals surface area contributed by atoms with E-state index >= 15 is 0 Å². The quantitative estimate of drug-likeness (QED) is 0.686. The average Bonchev–Trinajstić information content (AvgIpc) is 2.33. The fraction of sp³-hybridized carbons (Fsp3) is 1.00. The topological polar surface area (TPSA) is 20.2 Å². The second-order valence-electron chi connectivity index (χ2n) is 8.91. The molecule has 4 aliphatic carbocycles. The van der Waals surface area contributed by atoms with Crippen molar-refractivity contribution in [1.29, 1.82) is 0 Å². The van der Waals surface area contributed by atoms with Gasteiger partial charge in [-0.25, -0.2) is 0 Å². The molecule has 4 saturated carbocycles. The Balaban J connectivity index is 1.54. The van der Waals surface area contributed by atoms with Gasteiger partial charge < -0.3 is 5.11 Å². The number of hydrogen-bond donors (Lipinski definition) is 1. The molecule has 0 aliphatic heterocycles. The number of rotatable bonds is 0. The van der Waals surface area contributed by atoms with Crippen molar-refractivity contribution in [1.82, 2.24) is 0 Å². The van der Waals surface area contributed by atoms with E-state index in [1.54, 1.807) is 0 Å². The predicted molar refractivity (Wildman–Crippen MR) is 77.7 cm³/mol. The second-order valence-corrected chi connectivity index (χ2v) is 8.91. The first-order chi connectivity index (χ1) is 8.99. The summed E-state index contributed by atoms with van der Waals surface area (Å²) in [5.74, 6) is 4.94. The van der Waals surface area contributed by atoms with Crippen LogP contribution in [0.2, 0.25) is 0 Å². The fourth-order valence-electron chi connectivity index (χ4n) is 6.62. The largest absolute Gasteiger partial charge is 0.390 e. The summed E-state index contributed by atoms with van der Waals surface area (Å²) in [6.07, 6.45) is 12.4. The lowest BCUT2D eigenvalue weighted by molar-refractivity contribution is -0.134. The molecule has 108 valence electrons. The zero-order valence-corrected chi connectivity index (χ0v) is 12.7. The molecule has 0 aromatic heterocycles. The summed E-state index contributed by atoms with van der Waals surface area (Å²) in [4.78, 5) is 0. The lowest BCUT2D eigenvalue weighted by Crippen LogP contribution is -2.54. The first kappa shape index (κ1) is 12.7. The van der Waals surface area contributed by atoms with Gasteiger partial charge in [-0.3, -0.25) is 0 Å². The van der Waals surface area contributed by atoms with Crippen molar-refractivity contribution in [3.8, 4) is 0 Å². The van der Waals surface area contributed by atoms with E-state index < -0.39 is 0 Å². The van der Waals surface area contributed by atoms with E-state index in [2.05, 4.69) is 13.8 Å². The number of aliphatic hydroxyl groups is 1. The van der Waals surface area contributed by atoms with E-state index in [4.69, 9.17) is 0 Å². The van der Waals surface area contributed by atoms with Crippen molar-refractivity contribution in [2.75, 3.05) is 0 Å². The van der Waals surface area contributed by atoms with Crippen LogP contribution in [0, 0.1) is 35.0 Å². The minimum atomic E-state index is -0.354. The maximum Gasteiger partial charge on any atom is 0.0622 e. The van der Waals surface area contributed by atoms with Crippen LogP contribution in [0.4, 0.5) is 0 Å². The first-order valence-corrected chi connectivity index (χ1v) is 8.71. The molecule has 4 rings (SSSR count). The molecule has 0 bridgehead atoms. The second kappa shape index (κ2) is 4.00. The molecule has 0 spiro atoms. The molecule has 7 atom stereocenters. The molecule has 19 heavy (non-hydrogen) atoms. The standard InChI is InChI=1S/C18H30O/c1-17-8-5-14-13-6-10-18(2,19)11-12(13)3-4-15(14)16(17)7-9-17/h12-16,19H,3-11H2,1-2H3. The van der Waals surface area contributed by atoms with Crippen molar-refractivity contribution < 1.29 is 5.11 Å². The minimum absolute atomic E-state index is 0.354. The normalized spacial score (nSPS) is 60.5. The highest BCUT2D eigenvalue weighted by atomic mass is 16.3. The minimum Gasteiger partial charge on any atom is -0.390 e. The van der Waals surface area contributed by atoms with Crippen LogP contribution in [0.15, 0.2) is 0 Å². The van der Waals surface area contributed by atoms with E-state index in [0.717, 1.165) is 47.8 Å². The predicted octanol–water partition coefficient (Wildman–Crippen LogP) is 4.39. The summed E-state index contributed by atoms with van der Waals surface area (Å²) in [5, 5.41) is 10.4.